The van der Waals surface area contributed by atoms with Crippen LogP contribution in [0.2, 0.25) is 0 Å². The maximum atomic E-state index is 8.53. The van der Waals surface area contributed by atoms with Gasteiger partial charge in [0, 0.05) is 12.6 Å². The van der Waals surface area contributed by atoms with Crippen LogP contribution in [-0.2, 0) is 0 Å². The molecule has 0 atom stereocenters. The highest BCUT2D eigenvalue weighted by atomic mass is 16.2. The summed E-state index contributed by atoms with van der Waals surface area (Å²) >= 11 is 0. The molecule has 0 bridgehead atoms. The molecule has 0 aliphatic heterocycles. The van der Waals surface area contributed by atoms with Gasteiger partial charge in [0.2, 0.25) is 0 Å². The van der Waals surface area contributed by atoms with E-state index in [9.17, 15) is 0 Å². The Balaban J connectivity index is 2.85. The number of aromatic nitrogens is 1. The second-order valence-electron chi connectivity index (χ2n) is 2.95. The first-order valence-electron chi connectivity index (χ1n) is 4.27. The standard InChI is InChI=1S/C11H13NO/c1-9-7-10(2)11(12-8-9)5-3-4-6-13/h7-8,13H,4,6H2,1-2H3. The number of nitrogens with zero attached hydrogens (tertiary/aromatic N) is 1. The summed E-state index contributed by atoms with van der Waals surface area (Å²) in [4.78, 5) is 4.19. The number of rotatable bonds is 1. The van der Waals surface area contributed by atoms with Crippen LogP contribution in [0.25, 0.3) is 0 Å². The third kappa shape index (κ3) is 2.89. The Kier molecular flexibility index (Phi) is 3.48. The predicted octanol–water partition coefficient (Wildman–Crippen LogP) is 1.43. The van der Waals surface area contributed by atoms with Crippen molar-refractivity contribution >= 4 is 0 Å². The zero-order valence-electron chi connectivity index (χ0n) is 7.96. The molecule has 2 heteroatoms. The molecule has 1 rings (SSSR count). The van der Waals surface area contributed by atoms with Gasteiger partial charge in [0.05, 0.1) is 6.61 Å². The number of pyridine rings is 1. The molecule has 2 nitrogen and oxygen atoms in total. The Morgan fingerprint density at radius 2 is 2.23 bits per heavy atom. The molecule has 1 heterocycles. The molecule has 0 radical (unpaired) electrons. The summed E-state index contributed by atoms with van der Waals surface area (Å²) < 4.78 is 0. The molecule has 68 valence electrons. The Bertz CT molecular complexity index is 347. The average Bonchev–Trinajstić information content (AvgIpc) is 2.09. The highest BCUT2D eigenvalue weighted by Gasteiger charge is 1.94. The molecule has 0 aliphatic carbocycles. The van der Waals surface area contributed by atoms with Gasteiger partial charge >= 0.3 is 0 Å². The number of hydrogen-bond acceptors (Lipinski definition) is 2. The zero-order valence-corrected chi connectivity index (χ0v) is 7.96. The van der Waals surface area contributed by atoms with Gasteiger partial charge < -0.3 is 5.11 Å². The summed E-state index contributed by atoms with van der Waals surface area (Å²) in [6.45, 7) is 4.10. The smallest absolute Gasteiger partial charge is 0.116 e. The van der Waals surface area contributed by atoms with Crippen molar-refractivity contribution in [2.75, 3.05) is 6.61 Å². The van der Waals surface area contributed by atoms with E-state index >= 15 is 0 Å². The summed E-state index contributed by atoms with van der Waals surface area (Å²) in [6.07, 6.45) is 2.31. The zero-order chi connectivity index (χ0) is 9.68. The fourth-order valence-corrected chi connectivity index (χ4v) is 1.05. The number of aliphatic hydroxyl groups is 1. The van der Waals surface area contributed by atoms with E-state index in [1.54, 1.807) is 6.20 Å². The second kappa shape index (κ2) is 4.64. The summed E-state index contributed by atoms with van der Waals surface area (Å²) in [6, 6.07) is 2.05. The fraction of sp³-hybridized carbons (Fsp3) is 0.364. The van der Waals surface area contributed by atoms with Gasteiger partial charge in [-0.05, 0) is 30.9 Å². The highest BCUT2D eigenvalue weighted by molar-refractivity contribution is 5.36. The third-order valence-corrected chi connectivity index (χ3v) is 1.66. The van der Waals surface area contributed by atoms with Crippen molar-refractivity contribution in [3.05, 3.63) is 29.1 Å². The normalized spacial score (nSPS) is 9.15. The molecule has 0 saturated heterocycles. The summed E-state index contributed by atoms with van der Waals surface area (Å²) in [7, 11) is 0. The van der Waals surface area contributed by atoms with Crippen LogP contribution in [0.3, 0.4) is 0 Å². The van der Waals surface area contributed by atoms with Gasteiger partial charge in [-0.15, -0.1) is 0 Å². The third-order valence-electron chi connectivity index (χ3n) is 1.66. The van der Waals surface area contributed by atoms with Crippen molar-refractivity contribution in [3.8, 4) is 11.8 Å². The number of aliphatic hydroxyl groups excluding tert-OH is 1. The number of aryl methyl sites for hydroxylation is 2. The van der Waals surface area contributed by atoms with Gasteiger partial charge in [-0.25, -0.2) is 4.98 Å². The Morgan fingerprint density at radius 1 is 1.46 bits per heavy atom. The lowest BCUT2D eigenvalue weighted by Crippen LogP contribution is -1.89. The Morgan fingerprint density at radius 3 is 2.85 bits per heavy atom. The largest absolute Gasteiger partial charge is 0.395 e. The number of hydrogen-bond donors (Lipinski definition) is 1. The van der Waals surface area contributed by atoms with Crippen LogP contribution in [0.15, 0.2) is 12.3 Å². The van der Waals surface area contributed by atoms with E-state index in [0.29, 0.717) is 6.42 Å². The highest BCUT2D eigenvalue weighted by Crippen LogP contribution is 2.04. The molecule has 1 aromatic heterocycles. The minimum atomic E-state index is 0.109. The molecule has 1 aromatic rings. The van der Waals surface area contributed by atoms with Gasteiger partial charge in [0.15, 0.2) is 0 Å². The topological polar surface area (TPSA) is 33.1 Å². The first kappa shape index (κ1) is 9.76. The van der Waals surface area contributed by atoms with Crippen molar-refractivity contribution in [3.63, 3.8) is 0 Å². The second-order valence-corrected chi connectivity index (χ2v) is 2.95. The minimum Gasteiger partial charge on any atom is -0.395 e. The van der Waals surface area contributed by atoms with Gasteiger partial charge in [-0.2, -0.15) is 0 Å². The van der Waals surface area contributed by atoms with E-state index in [2.05, 4.69) is 22.9 Å². The van der Waals surface area contributed by atoms with E-state index in [1.165, 1.54) is 0 Å². The lowest BCUT2D eigenvalue weighted by atomic mass is 10.2. The SMILES string of the molecule is Cc1cnc(C#CCCO)c(C)c1. The van der Waals surface area contributed by atoms with E-state index in [0.717, 1.165) is 16.8 Å². The minimum absolute atomic E-state index is 0.109. The van der Waals surface area contributed by atoms with Crippen LogP contribution in [-0.4, -0.2) is 16.7 Å². The molecule has 0 fully saturated rings. The first-order valence-corrected chi connectivity index (χ1v) is 4.27. The molecule has 0 aromatic carbocycles. The Labute approximate surface area is 78.6 Å². The van der Waals surface area contributed by atoms with Crippen LogP contribution in [0, 0.1) is 25.7 Å². The molecule has 0 saturated carbocycles. The predicted molar refractivity (Wildman–Crippen MR) is 52.3 cm³/mol. The van der Waals surface area contributed by atoms with Gasteiger partial charge in [-0.1, -0.05) is 12.0 Å². The summed E-state index contributed by atoms with van der Waals surface area (Å²) in [5.74, 6) is 5.77. The molecule has 0 aliphatic rings. The fourth-order valence-electron chi connectivity index (χ4n) is 1.05. The van der Waals surface area contributed by atoms with Crippen molar-refractivity contribution in [2.24, 2.45) is 0 Å². The van der Waals surface area contributed by atoms with Crippen LogP contribution >= 0.6 is 0 Å². The lowest BCUT2D eigenvalue weighted by molar-refractivity contribution is 0.305. The van der Waals surface area contributed by atoms with Crippen molar-refractivity contribution < 1.29 is 5.11 Å². The summed E-state index contributed by atoms with van der Waals surface area (Å²) in [5, 5.41) is 8.53. The molecular formula is C11H13NO. The van der Waals surface area contributed by atoms with Crippen LogP contribution in [0.5, 0.6) is 0 Å². The molecule has 1 N–H and O–H groups in total. The van der Waals surface area contributed by atoms with E-state index in [4.69, 9.17) is 5.11 Å². The molecule has 0 spiro atoms. The van der Waals surface area contributed by atoms with E-state index < -0.39 is 0 Å². The maximum absolute atomic E-state index is 8.53. The van der Waals surface area contributed by atoms with Crippen molar-refractivity contribution in [1.29, 1.82) is 0 Å². The first-order chi connectivity index (χ1) is 6.24. The van der Waals surface area contributed by atoms with Crippen molar-refractivity contribution in [1.82, 2.24) is 4.98 Å². The maximum Gasteiger partial charge on any atom is 0.116 e. The van der Waals surface area contributed by atoms with Crippen LogP contribution in [0.4, 0.5) is 0 Å². The van der Waals surface area contributed by atoms with E-state index in [-0.39, 0.29) is 6.61 Å². The summed E-state index contributed by atoms with van der Waals surface area (Å²) in [5.41, 5.74) is 3.04. The van der Waals surface area contributed by atoms with Crippen LogP contribution in [0.1, 0.15) is 23.2 Å². The molecule has 0 unspecified atom stereocenters. The average molecular weight is 175 g/mol. The molecular weight excluding hydrogens is 162 g/mol. The van der Waals surface area contributed by atoms with Gasteiger partial charge in [0.1, 0.15) is 5.69 Å². The Hall–Kier alpha value is -1.33. The lowest BCUT2D eigenvalue weighted by Gasteiger charge is -1.97. The quantitative estimate of drug-likeness (QED) is 0.655. The van der Waals surface area contributed by atoms with E-state index in [1.807, 2.05) is 13.8 Å². The van der Waals surface area contributed by atoms with Crippen molar-refractivity contribution in [2.45, 2.75) is 20.3 Å². The molecule has 13 heavy (non-hydrogen) atoms. The monoisotopic (exact) mass is 175 g/mol. The van der Waals surface area contributed by atoms with Gasteiger partial charge in [0.25, 0.3) is 0 Å². The van der Waals surface area contributed by atoms with Gasteiger partial charge in [-0.3, -0.25) is 0 Å². The molecule has 0 amide bonds. The van der Waals surface area contributed by atoms with Crippen LogP contribution < -0.4 is 0 Å².